The predicted octanol–water partition coefficient (Wildman–Crippen LogP) is 3.01. The Balaban J connectivity index is 2.11. The van der Waals surface area contributed by atoms with E-state index in [1.165, 1.54) is 0 Å². The Morgan fingerprint density at radius 1 is 1.50 bits per heavy atom. The summed E-state index contributed by atoms with van der Waals surface area (Å²) in [4.78, 5) is 14.0. The molecule has 0 bridgehead atoms. The Hall–Kier alpha value is -1.02. The normalized spacial score (nSPS) is 17.5. The summed E-state index contributed by atoms with van der Waals surface area (Å²) in [5.74, 6) is 0.773. The van der Waals surface area contributed by atoms with Crippen LogP contribution in [0, 0.1) is 12.0 Å². The number of likely N-dealkylation sites (tertiary alicyclic amines) is 1. The lowest BCUT2D eigenvalue weighted by Gasteiger charge is -2.30. The van der Waals surface area contributed by atoms with E-state index in [1.54, 1.807) is 18.2 Å². The first kappa shape index (κ1) is 11.5. The number of amides is 1. The third-order valence-electron chi connectivity index (χ3n) is 3.11. The van der Waals surface area contributed by atoms with E-state index in [0.29, 0.717) is 10.6 Å². The summed E-state index contributed by atoms with van der Waals surface area (Å²) in [5, 5.41) is 0.492. The molecular weight excluding hydrogens is 222 g/mol. The molecular formula is C13H15ClNO. The first-order valence-electron chi connectivity index (χ1n) is 5.63. The van der Waals surface area contributed by atoms with Crippen LogP contribution in [0.25, 0.3) is 0 Å². The zero-order valence-corrected chi connectivity index (χ0v) is 10.1. The van der Waals surface area contributed by atoms with E-state index >= 15 is 0 Å². The maximum Gasteiger partial charge on any atom is 0.255 e. The van der Waals surface area contributed by atoms with Gasteiger partial charge in [-0.2, -0.15) is 0 Å². The van der Waals surface area contributed by atoms with Crippen molar-refractivity contribution in [3.05, 3.63) is 34.9 Å². The first-order chi connectivity index (χ1) is 7.68. The number of carbonyl (C=O) groups is 1. The third kappa shape index (κ3) is 2.38. The number of carbonyl (C=O) groups excluding carboxylic acids is 1. The van der Waals surface area contributed by atoms with Crippen molar-refractivity contribution in [2.45, 2.75) is 19.8 Å². The zero-order valence-electron chi connectivity index (χ0n) is 9.37. The van der Waals surface area contributed by atoms with Gasteiger partial charge in [0.05, 0.1) is 10.6 Å². The van der Waals surface area contributed by atoms with E-state index < -0.39 is 0 Å². The highest BCUT2D eigenvalue weighted by Gasteiger charge is 2.22. The van der Waals surface area contributed by atoms with E-state index in [2.05, 4.69) is 13.0 Å². The molecule has 0 aromatic heterocycles. The van der Waals surface area contributed by atoms with E-state index in [9.17, 15) is 4.79 Å². The second-order valence-electron chi connectivity index (χ2n) is 4.38. The Labute approximate surface area is 101 Å². The summed E-state index contributed by atoms with van der Waals surface area (Å²) in [5.41, 5.74) is 0.593. The zero-order chi connectivity index (χ0) is 11.5. The van der Waals surface area contributed by atoms with Gasteiger partial charge in [0.15, 0.2) is 0 Å². The van der Waals surface area contributed by atoms with Crippen LogP contribution in [-0.2, 0) is 0 Å². The quantitative estimate of drug-likeness (QED) is 0.734. The van der Waals surface area contributed by atoms with Crippen LogP contribution in [-0.4, -0.2) is 23.9 Å². The highest BCUT2D eigenvalue weighted by atomic mass is 35.5. The molecule has 0 N–H and O–H groups in total. The molecule has 0 aliphatic carbocycles. The Kier molecular flexibility index (Phi) is 3.49. The molecule has 2 rings (SSSR count). The monoisotopic (exact) mass is 236 g/mol. The predicted molar refractivity (Wildman–Crippen MR) is 64.6 cm³/mol. The highest BCUT2D eigenvalue weighted by molar-refractivity contribution is 6.33. The topological polar surface area (TPSA) is 20.3 Å². The number of nitrogens with zero attached hydrogens (tertiary/aromatic N) is 1. The summed E-state index contributed by atoms with van der Waals surface area (Å²) in [6.45, 7) is 3.91. The molecule has 0 spiro atoms. The second kappa shape index (κ2) is 4.88. The lowest BCUT2D eigenvalue weighted by molar-refractivity contribution is 0.0697. The van der Waals surface area contributed by atoms with Crippen LogP contribution in [0.2, 0.25) is 5.02 Å². The molecule has 1 aromatic carbocycles. The van der Waals surface area contributed by atoms with Crippen LogP contribution < -0.4 is 0 Å². The molecule has 1 fully saturated rings. The maximum atomic E-state index is 12.2. The molecule has 1 saturated heterocycles. The number of hydrogen-bond donors (Lipinski definition) is 0. The van der Waals surface area contributed by atoms with Gasteiger partial charge in [-0.1, -0.05) is 24.6 Å². The van der Waals surface area contributed by atoms with Gasteiger partial charge in [0, 0.05) is 13.1 Å². The van der Waals surface area contributed by atoms with Crippen LogP contribution >= 0.6 is 11.6 Å². The molecule has 0 atom stereocenters. The fourth-order valence-electron chi connectivity index (χ4n) is 1.97. The van der Waals surface area contributed by atoms with Crippen molar-refractivity contribution in [3.8, 4) is 0 Å². The Morgan fingerprint density at radius 2 is 2.19 bits per heavy atom. The lowest BCUT2D eigenvalue weighted by Crippen LogP contribution is -2.38. The largest absolute Gasteiger partial charge is 0.339 e. The third-order valence-corrected chi connectivity index (χ3v) is 3.43. The second-order valence-corrected chi connectivity index (χ2v) is 4.79. The molecule has 0 saturated carbocycles. The molecule has 16 heavy (non-hydrogen) atoms. The molecule has 1 aliphatic heterocycles. The summed E-state index contributed by atoms with van der Waals surface area (Å²) in [6.07, 6.45) is 2.17. The minimum absolute atomic E-state index is 0.0471. The fraction of sp³-hybridized carbons (Fsp3) is 0.462. The van der Waals surface area contributed by atoms with E-state index in [0.717, 1.165) is 31.8 Å². The maximum absolute atomic E-state index is 12.2. The van der Waals surface area contributed by atoms with Crippen LogP contribution in [0.4, 0.5) is 0 Å². The van der Waals surface area contributed by atoms with Crippen LogP contribution in [0.15, 0.2) is 18.2 Å². The van der Waals surface area contributed by atoms with Crippen molar-refractivity contribution in [2.24, 2.45) is 5.92 Å². The van der Waals surface area contributed by atoms with Crippen LogP contribution in [0.1, 0.15) is 30.1 Å². The molecule has 2 nitrogen and oxygen atoms in total. The minimum atomic E-state index is 0.0471. The number of piperidine rings is 1. The molecule has 0 unspecified atom stereocenters. The van der Waals surface area contributed by atoms with Crippen molar-refractivity contribution in [1.29, 1.82) is 0 Å². The Morgan fingerprint density at radius 3 is 2.81 bits per heavy atom. The SMILES string of the molecule is CC1CCN(C(=O)c2cc[c]cc2Cl)CC1. The van der Waals surface area contributed by atoms with Gasteiger partial charge in [-0.05, 0) is 37.0 Å². The first-order valence-corrected chi connectivity index (χ1v) is 6.01. The average molecular weight is 237 g/mol. The van der Waals surface area contributed by atoms with Crippen molar-refractivity contribution < 1.29 is 4.79 Å². The molecule has 1 aromatic rings. The molecule has 3 heteroatoms. The fourth-order valence-corrected chi connectivity index (χ4v) is 2.17. The number of rotatable bonds is 1. The van der Waals surface area contributed by atoms with Crippen molar-refractivity contribution >= 4 is 17.5 Å². The molecule has 1 amide bonds. The summed E-state index contributed by atoms with van der Waals surface area (Å²) < 4.78 is 0. The van der Waals surface area contributed by atoms with Crippen molar-refractivity contribution in [1.82, 2.24) is 4.90 Å². The minimum Gasteiger partial charge on any atom is -0.339 e. The average Bonchev–Trinajstić information content (AvgIpc) is 2.30. The highest BCUT2D eigenvalue weighted by Crippen LogP contribution is 2.21. The van der Waals surface area contributed by atoms with Crippen LogP contribution in [0.3, 0.4) is 0 Å². The van der Waals surface area contributed by atoms with Gasteiger partial charge in [0.25, 0.3) is 5.91 Å². The molecule has 1 radical (unpaired) electrons. The van der Waals surface area contributed by atoms with Gasteiger partial charge in [-0.3, -0.25) is 4.79 Å². The summed E-state index contributed by atoms with van der Waals surface area (Å²) >= 11 is 5.99. The van der Waals surface area contributed by atoms with E-state index in [-0.39, 0.29) is 5.91 Å². The Bertz CT molecular complexity index is 383. The summed E-state index contributed by atoms with van der Waals surface area (Å²) in [7, 11) is 0. The van der Waals surface area contributed by atoms with Gasteiger partial charge in [-0.15, -0.1) is 0 Å². The number of benzene rings is 1. The lowest BCUT2D eigenvalue weighted by atomic mass is 9.98. The van der Waals surface area contributed by atoms with Gasteiger partial charge < -0.3 is 4.90 Å². The molecule has 1 heterocycles. The van der Waals surface area contributed by atoms with Crippen molar-refractivity contribution in [3.63, 3.8) is 0 Å². The van der Waals surface area contributed by atoms with Gasteiger partial charge in [-0.25, -0.2) is 0 Å². The van der Waals surface area contributed by atoms with Crippen LogP contribution in [0.5, 0.6) is 0 Å². The number of hydrogen-bond acceptors (Lipinski definition) is 1. The smallest absolute Gasteiger partial charge is 0.255 e. The summed E-state index contributed by atoms with van der Waals surface area (Å²) in [6, 6.07) is 7.97. The number of halogens is 1. The van der Waals surface area contributed by atoms with Gasteiger partial charge >= 0.3 is 0 Å². The molecule has 1 aliphatic rings. The van der Waals surface area contributed by atoms with Gasteiger partial charge in [0.1, 0.15) is 0 Å². The van der Waals surface area contributed by atoms with E-state index in [4.69, 9.17) is 11.6 Å². The standard InChI is InChI=1S/C13H15ClNO/c1-10-6-8-15(9-7-10)13(16)11-4-2-3-5-12(11)14/h2,4-5,10H,6-9H2,1H3. The molecule has 85 valence electrons. The van der Waals surface area contributed by atoms with Gasteiger partial charge in [0.2, 0.25) is 0 Å². The van der Waals surface area contributed by atoms with Crippen molar-refractivity contribution in [2.75, 3.05) is 13.1 Å². The van der Waals surface area contributed by atoms with E-state index in [1.807, 2.05) is 4.90 Å².